The summed E-state index contributed by atoms with van der Waals surface area (Å²) in [4.78, 5) is 31.1. The minimum Gasteiger partial charge on any atom is -0.352 e. The van der Waals surface area contributed by atoms with Crippen LogP contribution in [0.1, 0.15) is 54.4 Å². The second-order valence-corrected chi connectivity index (χ2v) is 7.23. The van der Waals surface area contributed by atoms with Crippen LogP contribution in [0.15, 0.2) is 24.8 Å². The first-order chi connectivity index (χ1) is 12.4. The Hall–Kier alpha value is -2.37. The summed E-state index contributed by atoms with van der Waals surface area (Å²) in [6.07, 6.45) is 3.29. The van der Waals surface area contributed by atoms with Gasteiger partial charge in [-0.3, -0.25) is 9.78 Å². The number of amides is 3. The molecule has 1 aliphatic rings. The summed E-state index contributed by atoms with van der Waals surface area (Å²) >= 11 is 0. The van der Waals surface area contributed by atoms with Gasteiger partial charge in [-0.05, 0) is 37.8 Å². The molecule has 142 valence electrons. The molecule has 1 saturated heterocycles. The van der Waals surface area contributed by atoms with Crippen molar-refractivity contribution in [3.63, 3.8) is 0 Å². The standard InChI is InChI=1S/C20H30N4O2/c1-5-10-21-20(26)24-11-8-16(9-12-24)18-17(7-6-15(4)23-18)19(25)22-13-14(2)3/h5-7,14,16H,1,8-13H2,2-4H3,(H,21,26)(H,22,25). The van der Waals surface area contributed by atoms with Crippen LogP contribution in [0.25, 0.3) is 0 Å². The quantitative estimate of drug-likeness (QED) is 0.768. The van der Waals surface area contributed by atoms with Gasteiger partial charge < -0.3 is 15.5 Å². The van der Waals surface area contributed by atoms with Crippen molar-refractivity contribution in [1.29, 1.82) is 0 Å². The number of hydrogen-bond donors (Lipinski definition) is 2. The predicted octanol–water partition coefficient (Wildman–Crippen LogP) is 2.85. The largest absolute Gasteiger partial charge is 0.352 e. The molecule has 0 saturated carbocycles. The van der Waals surface area contributed by atoms with Gasteiger partial charge in [0.15, 0.2) is 0 Å². The van der Waals surface area contributed by atoms with E-state index >= 15 is 0 Å². The maximum absolute atomic E-state index is 12.6. The molecular formula is C20H30N4O2. The van der Waals surface area contributed by atoms with Crippen molar-refractivity contribution in [2.24, 2.45) is 5.92 Å². The van der Waals surface area contributed by atoms with E-state index in [1.807, 2.05) is 24.0 Å². The highest BCUT2D eigenvalue weighted by molar-refractivity contribution is 5.95. The molecule has 0 atom stereocenters. The van der Waals surface area contributed by atoms with E-state index < -0.39 is 0 Å². The van der Waals surface area contributed by atoms with Gasteiger partial charge in [-0.15, -0.1) is 6.58 Å². The maximum atomic E-state index is 12.6. The highest BCUT2D eigenvalue weighted by Gasteiger charge is 2.27. The summed E-state index contributed by atoms with van der Waals surface area (Å²) in [6, 6.07) is 3.69. The highest BCUT2D eigenvalue weighted by Crippen LogP contribution is 2.29. The van der Waals surface area contributed by atoms with Gasteiger partial charge in [0.1, 0.15) is 0 Å². The van der Waals surface area contributed by atoms with E-state index in [4.69, 9.17) is 0 Å². The third-order valence-corrected chi connectivity index (χ3v) is 4.55. The second kappa shape index (κ2) is 9.36. The van der Waals surface area contributed by atoms with E-state index in [1.165, 1.54) is 0 Å². The lowest BCUT2D eigenvalue weighted by Crippen LogP contribution is -2.44. The van der Waals surface area contributed by atoms with Gasteiger partial charge in [-0.25, -0.2) is 4.79 Å². The smallest absolute Gasteiger partial charge is 0.317 e. The van der Waals surface area contributed by atoms with Crippen molar-refractivity contribution >= 4 is 11.9 Å². The SMILES string of the molecule is C=CCNC(=O)N1CCC(c2nc(C)ccc2C(=O)NCC(C)C)CC1. The topological polar surface area (TPSA) is 74.3 Å². The van der Waals surface area contributed by atoms with E-state index in [0.717, 1.165) is 24.2 Å². The Morgan fingerprint density at radius 2 is 2.00 bits per heavy atom. The van der Waals surface area contributed by atoms with Crippen LogP contribution < -0.4 is 10.6 Å². The molecule has 3 amide bonds. The van der Waals surface area contributed by atoms with Crippen LogP contribution in [0, 0.1) is 12.8 Å². The molecule has 0 bridgehead atoms. The molecule has 0 aliphatic carbocycles. The fourth-order valence-electron chi connectivity index (χ4n) is 3.10. The van der Waals surface area contributed by atoms with Crippen molar-refractivity contribution in [1.82, 2.24) is 20.5 Å². The number of aryl methyl sites for hydroxylation is 1. The summed E-state index contributed by atoms with van der Waals surface area (Å²) < 4.78 is 0. The Labute approximate surface area is 156 Å². The molecule has 2 rings (SSSR count). The fraction of sp³-hybridized carbons (Fsp3) is 0.550. The summed E-state index contributed by atoms with van der Waals surface area (Å²) in [6.45, 7) is 12.1. The lowest BCUT2D eigenvalue weighted by Gasteiger charge is -2.32. The van der Waals surface area contributed by atoms with Gasteiger partial charge >= 0.3 is 6.03 Å². The van der Waals surface area contributed by atoms with E-state index in [9.17, 15) is 9.59 Å². The number of rotatable bonds is 6. The van der Waals surface area contributed by atoms with Crippen molar-refractivity contribution in [3.8, 4) is 0 Å². The summed E-state index contributed by atoms with van der Waals surface area (Å²) in [7, 11) is 0. The number of hydrogen-bond acceptors (Lipinski definition) is 3. The Bertz CT molecular complexity index is 649. The summed E-state index contributed by atoms with van der Waals surface area (Å²) in [5.41, 5.74) is 2.43. The van der Waals surface area contributed by atoms with Gasteiger partial charge in [0.2, 0.25) is 0 Å². The first-order valence-corrected chi connectivity index (χ1v) is 9.31. The van der Waals surface area contributed by atoms with Gasteiger partial charge in [0.25, 0.3) is 5.91 Å². The molecule has 6 heteroatoms. The zero-order valence-corrected chi connectivity index (χ0v) is 16.0. The number of nitrogens with zero attached hydrogens (tertiary/aromatic N) is 2. The molecule has 26 heavy (non-hydrogen) atoms. The average Bonchev–Trinajstić information content (AvgIpc) is 2.64. The third-order valence-electron chi connectivity index (χ3n) is 4.55. The van der Waals surface area contributed by atoms with Crippen LogP contribution in [-0.2, 0) is 0 Å². The van der Waals surface area contributed by atoms with Crippen LogP contribution in [-0.4, -0.2) is 48.0 Å². The lowest BCUT2D eigenvalue weighted by atomic mass is 9.90. The molecule has 1 aromatic rings. The average molecular weight is 358 g/mol. The minimum absolute atomic E-state index is 0.0598. The lowest BCUT2D eigenvalue weighted by molar-refractivity contribution is 0.0946. The van der Waals surface area contributed by atoms with Crippen LogP contribution in [0.2, 0.25) is 0 Å². The van der Waals surface area contributed by atoms with Crippen molar-refractivity contribution < 1.29 is 9.59 Å². The van der Waals surface area contributed by atoms with Crippen LogP contribution >= 0.6 is 0 Å². The molecule has 1 aromatic heterocycles. The molecule has 1 aliphatic heterocycles. The fourth-order valence-corrected chi connectivity index (χ4v) is 3.10. The minimum atomic E-state index is -0.0626. The zero-order valence-electron chi connectivity index (χ0n) is 16.0. The first-order valence-electron chi connectivity index (χ1n) is 9.31. The molecule has 2 heterocycles. The molecule has 0 spiro atoms. The Kier molecular flexibility index (Phi) is 7.18. The molecule has 2 N–H and O–H groups in total. The number of carbonyl (C=O) groups excluding carboxylic acids is 2. The number of likely N-dealkylation sites (tertiary alicyclic amines) is 1. The van der Waals surface area contributed by atoms with Gasteiger partial charge in [-0.2, -0.15) is 0 Å². The molecule has 0 radical (unpaired) electrons. The Morgan fingerprint density at radius 3 is 2.62 bits per heavy atom. The van der Waals surface area contributed by atoms with E-state index in [1.54, 1.807) is 6.08 Å². The van der Waals surface area contributed by atoms with E-state index in [2.05, 4.69) is 36.0 Å². The first kappa shape index (κ1) is 19.9. The molecule has 1 fully saturated rings. The number of urea groups is 1. The summed E-state index contributed by atoms with van der Waals surface area (Å²) in [5, 5.41) is 5.80. The Balaban J connectivity index is 2.07. The molecule has 0 unspecified atom stereocenters. The summed E-state index contributed by atoms with van der Waals surface area (Å²) in [5.74, 6) is 0.531. The van der Waals surface area contributed by atoms with Gasteiger partial charge in [-0.1, -0.05) is 19.9 Å². The van der Waals surface area contributed by atoms with Crippen LogP contribution in [0.4, 0.5) is 4.79 Å². The number of aromatic nitrogens is 1. The molecule has 6 nitrogen and oxygen atoms in total. The number of nitrogens with one attached hydrogen (secondary N) is 2. The molecular weight excluding hydrogens is 328 g/mol. The second-order valence-electron chi connectivity index (χ2n) is 7.23. The monoisotopic (exact) mass is 358 g/mol. The number of piperidine rings is 1. The zero-order chi connectivity index (χ0) is 19.1. The van der Waals surface area contributed by atoms with E-state index in [0.29, 0.717) is 37.7 Å². The van der Waals surface area contributed by atoms with E-state index in [-0.39, 0.29) is 17.9 Å². The normalized spacial score (nSPS) is 15.0. The molecule has 0 aromatic carbocycles. The van der Waals surface area contributed by atoms with Crippen molar-refractivity contribution in [2.45, 2.75) is 39.5 Å². The number of carbonyl (C=O) groups is 2. The van der Waals surface area contributed by atoms with Crippen LogP contribution in [0.3, 0.4) is 0 Å². The predicted molar refractivity (Wildman–Crippen MR) is 103 cm³/mol. The van der Waals surface area contributed by atoms with Crippen molar-refractivity contribution in [2.75, 3.05) is 26.2 Å². The Morgan fingerprint density at radius 1 is 1.31 bits per heavy atom. The third kappa shape index (κ3) is 5.31. The van der Waals surface area contributed by atoms with Crippen molar-refractivity contribution in [3.05, 3.63) is 41.7 Å². The number of pyridine rings is 1. The van der Waals surface area contributed by atoms with Gasteiger partial charge in [0.05, 0.1) is 11.3 Å². The van der Waals surface area contributed by atoms with Gasteiger partial charge in [0, 0.05) is 37.8 Å². The van der Waals surface area contributed by atoms with Crippen LogP contribution in [0.5, 0.6) is 0 Å². The highest BCUT2D eigenvalue weighted by atomic mass is 16.2. The maximum Gasteiger partial charge on any atom is 0.317 e.